The number of nitrogens with zero attached hydrogens (tertiary/aromatic N) is 1. The normalized spacial score (nSPS) is 17.6. The number of Topliss-reactive ketones (excluding diaryl/α,β-unsaturated/α-hetero) is 1. The number of methoxy groups -OCH3 is 1. The van der Waals surface area contributed by atoms with Gasteiger partial charge in [-0.25, -0.2) is 0 Å². The Bertz CT molecular complexity index is 1350. The number of hydrogen-bond acceptors (Lipinski definition) is 5. The zero-order chi connectivity index (χ0) is 25.5. The Hall–Kier alpha value is -3.79. The van der Waals surface area contributed by atoms with Gasteiger partial charge in [-0.05, 0) is 76.1 Å². The van der Waals surface area contributed by atoms with Gasteiger partial charge < -0.3 is 14.9 Å². The molecular formula is C25H17BrF3NO5. The Labute approximate surface area is 206 Å². The van der Waals surface area contributed by atoms with E-state index in [1.165, 1.54) is 43.5 Å². The zero-order valence-electron chi connectivity index (χ0n) is 18.0. The summed E-state index contributed by atoms with van der Waals surface area (Å²) in [4.78, 5) is 27.2. The monoisotopic (exact) mass is 547 g/mol. The zero-order valence-corrected chi connectivity index (χ0v) is 19.6. The molecule has 10 heteroatoms. The van der Waals surface area contributed by atoms with Crippen LogP contribution >= 0.6 is 15.9 Å². The highest BCUT2D eigenvalue weighted by Gasteiger charge is 2.47. The van der Waals surface area contributed by atoms with Crippen molar-refractivity contribution in [2.75, 3.05) is 12.0 Å². The standard InChI is InChI=1S/C25H17BrF3NO5/c1-35-19-10-5-14(12-18(19)26)22(32)20-21(13-3-2-4-17(31)11-13)30(24(34)23(20)33)16-8-6-15(7-9-16)25(27,28)29/h2-12,21,31-32H,1H3/b22-20-. The summed E-state index contributed by atoms with van der Waals surface area (Å²) < 4.78 is 44.8. The molecule has 180 valence electrons. The SMILES string of the molecule is COc1ccc(/C(O)=C2/C(=O)C(=O)N(c3ccc(C(F)(F)F)cc3)C2c2cccc(O)c2)cc1Br. The number of aliphatic hydroxyl groups excluding tert-OH is 1. The molecule has 35 heavy (non-hydrogen) atoms. The number of rotatable bonds is 4. The number of ether oxygens (including phenoxy) is 1. The number of halogens is 4. The van der Waals surface area contributed by atoms with Crippen LogP contribution in [0, 0.1) is 0 Å². The number of benzene rings is 3. The van der Waals surface area contributed by atoms with E-state index in [-0.39, 0.29) is 28.1 Å². The number of ketones is 1. The fourth-order valence-electron chi connectivity index (χ4n) is 3.89. The molecule has 4 rings (SSSR count). The van der Waals surface area contributed by atoms with Crippen molar-refractivity contribution in [2.24, 2.45) is 0 Å². The van der Waals surface area contributed by atoms with Gasteiger partial charge in [0.25, 0.3) is 11.7 Å². The van der Waals surface area contributed by atoms with E-state index in [1.807, 2.05) is 0 Å². The van der Waals surface area contributed by atoms with Crippen LogP contribution in [-0.4, -0.2) is 29.0 Å². The van der Waals surface area contributed by atoms with E-state index in [9.17, 15) is 33.0 Å². The molecule has 0 saturated carbocycles. The van der Waals surface area contributed by atoms with Gasteiger partial charge in [0, 0.05) is 11.3 Å². The van der Waals surface area contributed by atoms with E-state index >= 15 is 0 Å². The van der Waals surface area contributed by atoms with E-state index < -0.39 is 35.2 Å². The smallest absolute Gasteiger partial charge is 0.416 e. The molecule has 1 heterocycles. The summed E-state index contributed by atoms with van der Waals surface area (Å²) in [7, 11) is 1.46. The highest BCUT2D eigenvalue weighted by atomic mass is 79.9. The van der Waals surface area contributed by atoms with Gasteiger partial charge in [-0.3, -0.25) is 14.5 Å². The van der Waals surface area contributed by atoms with Gasteiger partial charge >= 0.3 is 6.18 Å². The minimum absolute atomic E-state index is 0.0170. The van der Waals surface area contributed by atoms with Crippen LogP contribution in [0.15, 0.2) is 76.8 Å². The second kappa shape index (κ2) is 9.10. The number of carbonyl (C=O) groups excluding carboxylic acids is 2. The van der Waals surface area contributed by atoms with Crippen molar-refractivity contribution in [2.45, 2.75) is 12.2 Å². The van der Waals surface area contributed by atoms with Crippen LogP contribution in [0.5, 0.6) is 11.5 Å². The Morgan fingerprint density at radius 1 is 1.03 bits per heavy atom. The van der Waals surface area contributed by atoms with Crippen molar-refractivity contribution in [3.8, 4) is 11.5 Å². The average Bonchev–Trinajstić information content (AvgIpc) is 3.08. The summed E-state index contributed by atoms with van der Waals surface area (Å²) in [6, 6.07) is 12.8. The predicted octanol–water partition coefficient (Wildman–Crippen LogP) is 5.81. The lowest BCUT2D eigenvalue weighted by molar-refractivity contribution is -0.137. The van der Waals surface area contributed by atoms with E-state index in [2.05, 4.69) is 15.9 Å². The van der Waals surface area contributed by atoms with Gasteiger partial charge in [-0.15, -0.1) is 0 Å². The molecule has 1 unspecified atom stereocenters. The molecule has 2 N–H and O–H groups in total. The molecule has 0 radical (unpaired) electrons. The van der Waals surface area contributed by atoms with E-state index in [1.54, 1.807) is 6.07 Å². The first-order valence-corrected chi connectivity index (χ1v) is 10.9. The third-order valence-corrected chi connectivity index (χ3v) is 6.15. The Morgan fingerprint density at radius 3 is 2.29 bits per heavy atom. The maximum Gasteiger partial charge on any atom is 0.416 e. The van der Waals surface area contributed by atoms with E-state index in [0.29, 0.717) is 10.2 Å². The molecule has 0 aromatic heterocycles. The first-order valence-electron chi connectivity index (χ1n) is 10.1. The van der Waals surface area contributed by atoms with Crippen LogP contribution in [0.1, 0.15) is 22.7 Å². The van der Waals surface area contributed by atoms with Gasteiger partial charge in [-0.1, -0.05) is 12.1 Å². The number of alkyl halides is 3. The molecule has 0 spiro atoms. The number of aliphatic hydroxyl groups is 1. The summed E-state index contributed by atoms with van der Waals surface area (Å²) in [5.74, 6) is -2.24. The average molecular weight is 548 g/mol. The lowest BCUT2D eigenvalue weighted by Crippen LogP contribution is -2.29. The fraction of sp³-hybridized carbons (Fsp3) is 0.120. The highest BCUT2D eigenvalue weighted by Crippen LogP contribution is 2.44. The minimum atomic E-state index is -4.58. The molecule has 1 aliphatic rings. The first-order chi connectivity index (χ1) is 16.5. The van der Waals surface area contributed by atoms with Crippen LogP contribution in [0.3, 0.4) is 0 Å². The lowest BCUT2D eigenvalue weighted by Gasteiger charge is -2.26. The molecule has 1 fully saturated rings. The Balaban J connectivity index is 1.91. The number of carbonyl (C=O) groups is 2. The number of amides is 1. The van der Waals surface area contributed by atoms with Crippen LogP contribution in [0.2, 0.25) is 0 Å². The third kappa shape index (κ3) is 4.49. The molecule has 3 aromatic rings. The molecule has 1 amide bonds. The Morgan fingerprint density at radius 2 is 1.71 bits per heavy atom. The van der Waals surface area contributed by atoms with Crippen molar-refractivity contribution in [3.63, 3.8) is 0 Å². The van der Waals surface area contributed by atoms with Crippen LogP contribution in [-0.2, 0) is 15.8 Å². The second-order valence-electron chi connectivity index (χ2n) is 7.66. The summed E-state index contributed by atoms with van der Waals surface area (Å²) >= 11 is 3.31. The summed E-state index contributed by atoms with van der Waals surface area (Å²) in [6.45, 7) is 0. The van der Waals surface area contributed by atoms with Crippen molar-refractivity contribution in [3.05, 3.63) is 93.5 Å². The van der Waals surface area contributed by atoms with E-state index in [0.717, 1.165) is 29.2 Å². The molecule has 0 bridgehead atoms. The summed E-state index contributed by atoms with van der Waals surface area (Å²) in [5.41, 5.74) is -0.706. The Kier molecular flexibility index (Phi) is 6.33. The molecule has 0 aliphatic carbocycles. The molecule has 3 aromatic carbocycles. The molecule has 1 aliphatic heterocycles. The third-order valence-electron chi connectivity index (χ3n) is 5.53. The molecule has 1 atom stereocenters. The van der Waals surface area contributed by atoms with E-state index in [4.69, 9.17) is 4.74 Å². The van der Waals surface area contributed by atoms with Crippen molar-refractivity contribution in [1.29, 1.82) is 0 Å². The second-order valence-corrected chi connectivity index (χ2v) is 8.51. The molecular weight excluding hydrogens is 531 g/mol. The first kappa shape index (κ1) is 24.3. The maximum atomic E-state index is 13.1. The molecule has 1 saturated heterocycles. The van der Waals surface area contributed by atoms with Gasteiger partial charge in [0.1, 0.15) is 17.3 Å². The quantitative estimate of drug-likeness (QED) is 0.244. The van der Waals surface area contributed by atoms with Crippen molar-refractivity contribution >= 4 is 39.1 Å². The maximum absolute atomic E-state index is 13.1. The number of hydrogen-bond donors (Lipinski definition) is 2. The van der Waals surface area contributed by atoms with Crippen LogP contribution in [0.25, 0.3) is 5.76 Å². The largest absolute Gasteiger partial charge is 0.508 e. The number of anilines is 1. The van der Waals surface area contributed by atoms with Gasteiger partial charge in [0.05, 0.1) is 28.8 Å². The summed E-state index contributed by atoms with van der Waals surface area (Å²) in [6.07, 6.45) is -4.58. The number of aromatic hydroxyl groups is 1. The summed E-state index contributed by atoms with van der Waals surface area (Å²) in [5, 5.41) is 21.1. The van der Waals surface area contributed by atoms with Crippen LogP contribution in [0.4, 0.5) is 18.9 Å². The van der Waals surface area contributed by atoms with Crippen LogP contribution < -0.4 is 9.64 Å². The topological polar surface area (TPSA) is 87.1 Å². The van der Waals surface area contributed by atoms with Gasteiger partial charge in [-0.2, -0.15) is 13.2 Å². The lowest BCUT2D eigenvalue weighted by atomic mass is 9.95. The minimum Gasteiger partial charge on any atom is -0.508 e. The number of phenols is 1. The molecule has 6 nitrogen and oxygen atoms in total. The van der Waals surface area contributed by atoms with Crippen molar-refractivity contribution < 1.29 is 37.7 Å². The fourth-order valence-corrected chi connectivity index (χ4v) is 4.43. The highest BCUT2D eigenvalue weighted by molar-refractivity contribution is 9.10. The van der Waals surface area contributed by atoms with Gasteiger partial charge in [0.15, 0.2) is 0 Å². The van der Waals surface area contributed by atoms with Crippen molar-refractivity contribution in [1.82, 2.24) is 0 Å². The van der Waals surface area contributed by atoms with Gasteiger partial charge in [0.2, 0.25) is 0 Å². The number of phenolic OH excluding ortho intramolecular Hbond substituents is 1. The predicted molar refractivity (Wildman–Crippen MR) is 125 cm³/mol.